The molecule has 162 valence electrons. The third-order valence-corrected chi connectivity index (χ3v) is 7.15. The van der Waals surface area contributed by atoms with Gasteiger partial charge >= 0.3 is 0 Å². The van der Waals surface area contributed by atoms with Gasteiger partial charge in [0, 0.05) is 57.2 Å². The van der Waals surface area contributed by atoms with E-state index in [4.69, 9.17) is 0 Å². The van der Waals surface area contributed by atoms with E-state index in [0.717, 1.165) is 45.3 Å². The molecule has 0 radical (unpaired) electrons. The minimum Gasteiger partial charge on any atom is -0.355 e. The van der Waals surface area contributed by atoms with Crippen LogP contribution in [0.25, 0.3) is 0 Å². The largest absolute Gasteiger partial charge is 0.355 e. The van der Waals surface area contributed by atoms with Crippen LogP contribution in [0.3, 0.4) is 0 Å². The van der Waals surface area contributed by atoms with Crippen molar-refractivity contribution in [3.05, 3.63) is 41.7 Å². The first kappa shape index (κ1) is 20.1. The zero-order valence-corrected chi connectivity index (χ0v) is 18.3. The van der Waals surface area contributed by atoms with Crippen molar-refractivity contribution in [3.8, 4) is 0 Å². The predicted octanol–water partition coefficient (Wildman–Crippen LogP) is 3.83. The summed E-state index contributed by atoms with van der Waals surface area (Å²) in [5, 5.41) is 3.44. The highest BCUT2D eigenvalue weighted by Crippen LogP contribution is 2.36. The molecule has 1 saturated heterocycles. The van der Waals surface area contributed by atoms with Crippen molar-refractivity contribution in [2.24, 2.45) is 10.9 Å². The second kappa shape index (κ2) is 9.52. The van der Waals surface area contributed by atoms with E-state index >= 15 is 0 Å². The fourth-order valence-electron chi connectivity index (χ4n) is 5.19. The second-order valence-electron chi connectivity index (χ2n) is 9.51. The van der Waals surface area contributed by atoms with Crippen molar-refractivity contribution in [1.29, 1.82) is 0 Å². The summed E-state index contributed by atoms with van der Waals surface area (Å²) in [6, 6.07) is 9.95. The third kappa shape index (κ3) is 4.89. The summed E-state index contributed by atoms with van der Waals surface area (Å²) in [7, 11) is 0. The molecule has 0 aromatic heterocycles. The molecule has 0 unspecified atom stereocenters. The van der Waals surface area contributed by atoms with Crippen LogP contribution in [0.4, 0.5) is 5.69 Å². The summed E-state index contributed by atoms with van der Waals surface area (Å²) in [5.74, 6) is 2.27. The monoisotopic (exact) mass is 407 g/mol. The molecule has 3 fully saturated rings. The molecular weight excluding hydrogens is 370 g/mol. The smallest absolute Gasteiger partial charge is 0.116 e. The maximum absolute atomic E-state index is 4.61. The van der Waals surface area contributed by atoms with E-state index in [1.807, 2.05) is 6.21 Å². The van der Waals surface area contributed by atoms with Crippen molar-refractivity contribution in [2.75, 3.05) is 44.3 Å². The van der Waals surface area contributed by atoms with Crippen LogP contribution >= 0.6 is 0 Å². The Morgan fingerprint density at radius 1 is 0.967 bits per heavy atom. The van der Waals surface area contributed by atoms with Gasteiger partial charge in [0.1, 0.15) is 12.5 Å². The molecule has 0 bridgehead atoms. The maximum Gasteiger partial charge on any atom is 0.116 e. The molecular formula is C25H37N5. The number of benzene rings is 1. The first-order chi connectivity index (χ1) is 14.9. The van der Waals surface area contributed by atoms with Crippen LogP contribution < -0.4 is 10.2 Å². The van der Waals surface area contributed by atoms with Gasteiger partial charge in [-0.1, -0.05) is 31.4 Å². The standard InChI is InChI=1S/C25H37N5/c1-2-4-23(5-3-1)29(19-22-6-7-22)25-12-13-27-20-30(25)24-10-8-21(9-11-24)18-28-16-14-26-15-17-28/h8-13,22-23,26H,1-7,14-20H2. The van der Waals surface area contributed by atoms with E-state index in [9.17, 15) is 0 Å². The van der Waals surface area contributed by atoms with Gasteiger partial charge in [-0.2, -0.15) is 0 Å². The van der Waals surface area contributed by atoms with E-state index in [-0.39, 0.29) is 0 Å². The molecule has 5 rings (SSSR count). The fraction of sp³-hybridized carbons (Fsp3) is 0.640. The van der Waals surface area contributed by atoms with E-state index in [2.05, 4.69) is 55.4 Å². The summed E-state index contributed by atoms with van der Waals surface area (Å²) in [6.45, 7) is 7.52. The van der Waals surface area contributed by atoms with Gasteiger partial charge in [0.2, 0.25) is 0 Å². The molecule has 0 amide bonds. The number of rotatable bonds is 7. The zero-order valence-electron chi connectivity index (χ0n) is 18.3. The molecule has 0 atom stereocenters. The van der Waals surface area contributed by atoms with Crippen LogP contribution in [0.15, 0.2) is 41.2 Å². The Morgan fingerprint density at radius 2 is 1.73 bits per heavy atom. The Balaban J connectivity index is 1.31. The number of hydrogen-bond acceptors (Lipinski definition) is 5. The van der Waals surface area contributed by atoms with Gasteiger partial charge in [0.15, 0.2) is 0 Å². The average Bonchev–Trinajstić information content (AvgIpc) is 3.64. The predicted molar refractivity (Wildman–Crippen MR) is 125 cm³/mol. The molecule has 30 heavy (non-hydrogen) atoms. The molecule has 5 nitrogen and oxygen atoms in total. The summed E-state index contributed by atoms with van der Waals surface area (Å²) in [6.07, 6.45) is 14.0. The fourth-order valence-corrected chi connectivity index (χ4v) is 5.19. The Kier molecular flexibility index (Phi) is 6.37. The second-order valence-corrected chi connectivity index (χ2v) is 9.51. The molecule has 1 aromatic carbocycles. The summed E-state index contributed by atoms with van der Waals surface area (Å²) in [5.41, 5.74) is 2.69. The molecule has 1 aromatic rings. The van der Waals surface area contributed by atoms with Crippen molar-refractivity contribution in [1.82, 2.24) is 15.1 Å². The zero-order chi connectivity index (χ0) is 20.2. The van der Waals surface area contributed by atoms with Gasteiger partial charge in [0.05, 0.1) is 0 Å². The summed E-state index contributed by atoms with van der Waals surface area (Å²) >= 11 is 0. The molecule has 2 aliphatic heterocycles. The lowest BCUT2D eigenvalue weighted by Gasteiger charge is -2.42. The van der Waals surface area contributed by atoms with E-state index in [1.54, 1.807) is 0 Å². The van der Waals surface area contributed by atoms with Gasteiger partial charge in [0.25, 0.3) is 0 Å². The van der Waals surface area contributed by atoms with Crippen LogP contribution in [0.2, 0.25) is 0 Å². The number of aliphatic imine (C=N–C) groups is 1. The van der Waals surface area contributed by atoms with E-state index < -0.39 is 0 Å². The van der Waals surface area contributed by atoms with Crippen LogP contribution in [0, 0.1) is 5.92 Å². The highest BCUT2D eigenvalue weighted by molar-refractivity contribution is 5.76. The minimum atomic E-state index is 0.701. The number of nitrogens with zero attached hydrogens (tertiary/aromatic N) is 4. The highest BCUT2D eigenvalue weighted by atomic mass is 15.4. The lowest BCUT2D eigenvalue weighted by atomic mass is 9.93. The number of allylic oxidation sites excluding steroid dienone is 1. The van der Waals surface area contributed by atoms with Gasteiger partial charge in [-0.15, -0.1) is 0 Å². The summed E-state index contributed by atoms with van der Waals surface area (Å²) < 4.78 is 0. The lowest BCUT2D eigenvalue weighted by Crippen LogP contribution is -2.45. The SMILES string of the molecule is C1=NCN(c2ccc(CN3CCNCC3)cc2)C(N(CC2CC2)C2CCCCC2)=C1. The Labute approximate surface area is 181 Å². The number of nitrogens with one attached hydrogen (secondary N) is 1. The van der Waals surface area contributed by atoms with Gasteiger partial charge in [-0.3, -0.25) is 9.89 Å². The van der Waals surface area contributed by atoms with Gasteiger partial charge < -0.3 is 15.1 Å². The van der Waals surface area contributed by atoms with Gasteiger partial charge in [-0.05, 0) is 55.4 Å². The molecule has 2 aliphatic carbocycles. The first-order valence-electron chi connectivity index (χ1n) is 12.1. The van der Waals surface area contributed by atoms with Crippen LogP contribution in [0.5, 0.6) is 0 Å². The first-order valence-corrected chi connectivity index (χ1v) is 12.1. The quantitative estimate of drug-likeness (QED) is 0.745. The van der Waals surface area contributed by atoms with E-state index in [1.165, 1.54) is 68.6 Å². The van der Waals surface area contributed by atoms with Crippen LogP contribution in [-0.4, -0.2) is 61.4 Å². The third-order valence-electron chi connectivity index (χ3n) is 7.15. The Bertz CT molecular complexity index is 739. The van der Waals surface area contributed by atoms with Crippen molar-refractivity contribution >= 4 is 11.9 Å². The lowest BCUT2D eigenvalue weighted by molar-refractivity contribution is 0.188. The van der Waals surface area contributed by atoms with Crippen LogP contribution in [0.1, 0.15) is 50.5 Å². The van der Waals surface area contributed by atoms with Crippen molar-refractivity contribution < 1.29 is 0 Å². The highest BCUT2D eigenvalue weighted by Gasteiger charge is 2.32. The summed E-state index contributed by atoms with van der Waals surface area (Å²) in [4.78, 5) is 12.3. The minimum absolute atomic E-state index is 0.701. The molecule has 2 heterocycles. The maximum atomic E-state index is 4.61. The van der Waals surface area contributed by atoms with E-state index in [0.29, 0.717) is 6.04 Å². The number of hydrogen-bond donors (Lipinski definition) is 1. The Hall–Kier alpha value is -1.85. The molecule has 2 saturated carbocycles. The van der Waals surface area contributed by atoms with Crippen molar-refractivity contribution in [2.45, 2.75) is 57.5 Å². The molecule has 4 aliphatic rings. The number of anilines is 1. The molecule has 1 N–H and O–H groups in total. The molecule has 5 heteroatoms. The normalized spacial score (nSPS) is 23.5. The van der Waals surface area contributed by atoms with Crippen LogP contribution in [-0.2, 0) is 6.54 Å². The molecule has 0 spiro atoms. The van der Waals surface area contributed by atoms with Gasteiger partial charge in [-0.25, -0.2) is 0 Å². The van der Waals surface area contributed by atoms with Crippen molar-refractivity contribution in [3.63, 3.8) is 0 Å². The topological polar surface area (TPSA) is 34.1 Å². The Morgan fingerprint density at radius 3 is 2.47 bits per heavy atom. The average molecular weight is 408 g/mol. The number of piperazine rings is 1.